The molecule has 0 saturated carbocycles. The molecule has 0 radical (unpaired) electrons. The SMILES string of the molecule is CCCOc1ccc(C(=O)C(CCCCC(CN2CCCCC2)C(=O)c2ccc(OCCC)cc2)CN2CCCCC2)cc1. The number of carbonyl (C=O) groups is 2. The minimum Gasteiger partial charge on any atom is -0.494 e. The highest BCUT2D eigenvalue weighted by Gasteiger charge is 2.26. The van der Waals surface area contributed by atoms with Crippen LogP contribution in [0, 0.1) is 11.8 Å². The number of hydrogen-bond donors (Lipinski definition) is 0. The van der Waals surface area contributed by atoms with E-state index < -0.39 is 0 Å². The number of unbranched alkanes of at least 4 members (excludes halogenated alkanes) is 1. The van der Waals surface area contributed by atoms with E-state index in [1.807, 2.05) is 48.5 Å². The molecule has 2 atom stereocenters. The van der Waals surface area contributed by atoms with Crippen LogP contribution in [0.5, 0.6) is 11.5 Å². The molecule has 0 aliphatic carbocycles. The smallest absolute Gasteiger partial charge is 0.167 e. The Balaban J connectivity index is 1.38. The molecule has 44 heavy (non-hydrogen) atoms. The third-order valence-electron chi connectivity index (χ3n) is 9.17. The molecule has 2 aliphatic heterocycles. The average Bonchev–Trinajstić information content (AvgIpc) is 3.08. The van der Waals surface area contributed by atoms with Crippen molar-refractivity contribution >= 4 is 11.6 Å². The summed E-state index contributed by atoms with van der Waals surface area (Å²) in [6.07, 6.45) is 13.0. The van der Waals surface area contributed by atoms with E-state index in [0.717, 1.165) is 100 Å². The lowest BCUT2D eigenvalue weighted by atomic mass is 9.88. The van der Waals surface area contributed by atoms with Crippen molar-refractivity contribution in [3.63, 3.8) is 0 Å². The van der Waals surface area contributed by atoms with Crippen LogP contribution in [0.15, 0.2) is 48.5 Å². The van der Waals surface area contributed by atoms with Crippen LogP contribution in [0.3, 0.4) is 0 Å². The van der Waals surface area contributed by atoms with Crippen LogP contribution >= 0.6 is 0 Å². The van der Waals surface area contributed by atoms with E-state index in [1.54, 1.807) is 0 Å². The predicted molar refractivity (Wildman–Crippen MR) is 179 cm³/mol. The number of likely N-dealkylation sites (tertiary alicyclic amines) is 2. The summed E-state index contributed by atoms with van der Waals surface area (Å²) in [5.74, 6) is 2.07. The summed E-state index contributed by atoms with van der Waals surface area (Å²) in [5, 5.41) is 0. The third kappa shape index (κ3) is 11.0. The summed E-state index contributed by atoms with van der Waals surface area (Å²) in [4.78, 5) is 32.5. The number of benzene rings is 2. The Kier molecular flexibility index (Phi) is 14.7. The molecule has 0 bridgehead atoms. The monoisotopic (exact) mass is 604 g/mol. The second-order valence-corrected chi connectivity index (χ2v) is 12.9. The normalized spacial score (nSPS) is 17.6. The largest absolute Gasteiger partial charge is 0.494 e. The van der Waals surface area contributed by atoms with E-state index in [1.165, 1.54) is 38.5 Å². The predicted octanol–water partition coefficient (Wildman–Crippen LogP) is 8.09. The lowest BCUT2D eigenvalue weighted by molar-refractivity contribution is 0.0833. The van der Waals surface area contributed by atoms with Crippen molar-refractivity contribution in [3.05, 3.63) is 59.7 Å². The molecule has 2 aliphatic rings. The first kappa shape index (κ1) is 34.2. The van der Waals surface area contributed by atoms with Gasteiger partial charge in [-0.3, -0.25) is 9.59 Å². The second-order valence-electron chi connectivity index (χ2n) is 12.9. The first-order valence-corrected chi connectivity index (χ1v) is 17.6. The van der Waals surface area contributed by atoms with Gasteiger partial charge in [0.15, 0.2) is 11.6 Å². The number of rotatable bonds is 19. The van der Waals surface area contributed by atoms with Crippen LogP contribution in [-0.2, 0) is 0 Å². The Bertz CT molecular complexity index is 1020. The summed E-state index contributed by atoms with van der Waals surface area (Å²) in [6.45, 7) is 11.6. The third-order valence-corrected chi connectivity index (χ3v) is 9.17. The molecular weight excluding hydrogens is 548 g/mol. The van der Waals surface area contributed by atoms with Gasteiger partial charge in [-0.05, 0) is 126 Å². The number of piperidine rings is 2. The van der Waals surface area contributed by atoms with E-state index in [-0.39, 0.29) is 23.4 Å². The molecular formula is C38H56N2O4. The zero-order valence-electron chi connectivity index (χ0n) is 27.4. The molecule has 2 unspecified atom stereocenters. The van der Waals surface area contributed by atoms with Gasteiger partial charge in [-0.15, -0.1) is 0 Å². The van der Waals surface area contributed by atoms with E-state index >= 15 is 0 Å². The highest BCUT2D eigenvalue weighted by Crippen LogP contribution is 2.25. The van der Waals surface area contributed by atoms with Crippen molar-refractivity contribution in [2.45, 2.75) is 90.9 Å². The van der Waals surface area contributed by atoms with Gasteiger partial charge in [0.25, 0.3) is 0 Å². The first-order valence-electron chi connectivity index (χ1n) is 17.6. The minimum absolute atomic E-state index is 0.0255. The number of Topliss-reactive ketones (excluding diaryl/α,β-unsaturated/α-hetero) is 2. The van der Waals surface area contributed by atoms with E-state index in [4.69, 9.17) is 9.47 Å². The summed E-state index contributed by atoms with van der Waals surface area (Å²) in [7, 11) is 0. The van der Waals surface area contributed by atoms with Gasteiger partial charge in [-0.1, -0.05) is 39.5 Å². The topological polar surface area (TPSA) is 59.1 Å². The summed E-state index contributed by atoms with van der Waals surface area (Å²) in [6, 6.07) is 15.5. The van der Waals surface area contributed by atoms with Gasteiger partial charge < -0.3 is 19.3 Å². The van der Waals surface area contributed by atoms with Crippen molar-refractivity contribution in [2.24, 2.45) is 11.8 Å². The van der Waals surface area contributed by atoms with Gasteiger partial charge in [-0.2, -0.15) is 0 Å². The highest BCUT2D eigenvalue weighted by molar-refractivity contribution is 5.98. The number of nitrogens with zero attached hydrogens (tertiary/aromatic N) is 2. The molecule has 2 heterocycles. The van der Waals surface area contributed by atoms with E-state index in [0.29, 0.717) is 13.2 Å². The maximum atomic E-state index is 13.8. The molecule has 0 N–H and O–H groups in total. The van der Waals surface area contributed by atoms with Crippen LogP contribution in [0.2, 0.25) is 0 Å². The molecule has 6 heteroatoms. The molecule has 2 aromatic carbocycles. The Labute approximate surface area is 266 Å². The van der Waals surface area contributed by atoms with Crippen molar-refractivity contribution in [1.29, 1.82) is 0 Å². The van der Waals surface area contributed by atoms with Gasteiger partial charge in [-0.25, -0.2) is 0 Å². The Hall–Kier alpha value is -2.70. The number of ether oxygens (including phenoxy) is 2. The second kappa shape index (κ2) is 19.0. The summed E-state index contributed by atoms with van der Waals surface area (Å²) in [5.41, 5.74) is 1.56. The van der Waals surface area contributed by atoms with Gasteiger partial charge in [0, 0.05) is 36.1 Å². The fourth-order valence-electron chi connectivity index (χ4n) is 6.64. The van der Waals surface area contributed by atoms with Crippen LogP contribution in [-0.4, -0.2) is 73.8 Å². The molecule has 2 saturated heterocycles. The Morgan fingerprint density at radius 1 is 0.591 bits per heavy atom. The van der Waals surface area contributed by atoms with Gasteiger partial charge in [0.1, 0.15) is 11.5 Å². The minimum atomic E-state index is -0.0255. The fourth-order valence-corrected chi connectivity index (χ4v) is 6.64. The first-order chi connectivity index (χ1) is 21.6. The average molecular weight is 605 g/mol. The number of carbonyl (C=O) groups excluding carboxylic acids is 2. The molecule has 0 amide bonds. The summed E-state index contributed by atoms with van der Waals surface area (Å²) < 4.78 is 11.5. The Morgan fingerprint density at radius 2 is 0.955 bits per heavy atom. The standard InChI is InChI=1S/C38H56N2O4/c1-3-27-43-35-19-15-31(16-20-35)37(41)33(29-39-23-9-5-10-24-39)13-7-8-14-34(30-40-25-11-6-12-26-40)38(42)32-17-21-36(22-18-32)44-28-4-2/h15-22,33-34H,3-14,23-30H2,1-2H3. The molecule has 4 rings (SSSR count). The van der Waals surface area contributed by atoms with Crippen LogP contribution in [0.25, 0.3) is 0 Å². The van der Waals surface area contributed by atoms with E-state index in [9.17, 15) is 9.59 Å². The molecule has 2 aromatic rings. The molecule has 0 aromatic heterocycles. The van der Waals surface area contributed by atoms with Crippen molar-refractivity contribution in [3.8, 4) is 11.5 Å². The van der Waals surface area contributed by atoms with Crippen molar-refractivity contribution in [1.82, 2.24) is 9.80 Å². The molecule has 2 fully saturated rings. The van der Waals surface area contributed by atoms with E-state index in [2.05, 4.69) is 23.6 Å². The molecule has 6 nitrogen and oxygen atoms in total. The van der Waals surface area contributed by atoms with Crippen LogP contribution in [0.4, 0.5) is 0 Å². The quantitative estimate of drug-likeness (QED) is 0.119. The summed E-state index contributed by atoms with van der Waals surface area (Å²) >= 11 is 0. The maximum absolute atomic E-state index is 13.8. The van der Waals surface area contributed by atoms with Crippen molar-refractivity contribution < 1.29 is 19.1 Å². The van der Waals surface area contributed by atoms with Crippen LogP contribution < -0.4 is 9.47 Å². The van der Waals surface area contributed by atoms with Crippen molar-refractivity contribution in [2.75, 3.05) is 52.5 Å². The number of hydrogen-bond acceptors (Lipinski definition) is 6. The fraction of sp³-hybridized carbons (Fsp3) is 0.632. The maximum Gasteiger partial charge on any atom is 0.167 e. The molecule has 242 valence electrons. The van der Waals surface area contributed by atoms with Gasteiger partial charge >= 0.3 is 0 Å². The van der Waals surface area contributed by atoms with Gasteiger partial charge in [0.05, 0.1) is 13.2 Å². The highest BCUT2D eigenvalue weighted by atomic mass is 16.5. The van der Waals surface area contributed by atoms with Gasteiger partial charge in [0.2, 0.25) is 0 Å². The lowest BCUT2D eigenvalue weighted by Gasteiger charge is -2.31. The lowest BCUT2D eigenvalue weighted by Crippen LogP contribution is -2.37. The van der Waals surface area contributed by atoms with Crippen LogP contribution in [0.1, 0.15) is 112 Å². The zero-order valence-corrected chi connectivity index (χ0v) is 27.4. The molecule has 0 spiro atoms. The Morgan fingerprint density at radius 3 is 1.30 bits per heavy atom. The number of ketones is 2. The zero-order chi connectivity index (χ0) is 31.0.